The molecule has 12 heteroatoms. The highest BCUT2D eigenvalue weighted by molar-refractivity contribution is 7.74. The van der Waals surface area contributed by atoms with Crippen LogP contribution >= 0.6 is 11.3 Å². The average molecular weight is 534 g/mol. The third-order valence-electron chi connectivity index (χ3n) is 5.07. The molecule has 7 nitrogen and oxygen atoms in total. The van der Waals surface area contributed by atoms with Gasteiger partial charge in [0.2, 0.25) is 10.9 Å². The van der Waals surface area contributed by atoms with E-state index in [-0.39, 0.29) is 22.1 Å². The lowest BCUT2D eigenvalue weighted by Crippen LogP contribution is -2.23. The van der Waals surface area contributed by atoms with Crippen LogP contribution in [0.1, 0.15) is 15.9 Å². The number of benzene rings is 3. The summed E-state index contributed by atoms with van der Waals surface area (Å²) in [6, 6.07) is 17.3. The first-order chi connectivity index (χ1) is 17.2. The maximum Gasteiger partial charge on any atom is 0.418 e. The predicted molar refractivity (Wildman–Crippen MR) is 132 cm³/mol. The van der Waals surface area contributed by atoms with Crippen molar-refractivity contribution in [1.29, 1.82) is 0 Å². The predicted octanol–water partition coefficient (Wildman–Crippen LogP) is 5.75. The molecule has 3 aromatic carbocycles. The van der Waals surface area contributed by atoms with E-state index in [1.54, 1.807) is 5.38 Å². The largest absolute Gasteiger partial charge is 0.497 e. The molecular formula is C24H18F3N3O4S2. The number of aromatic nitrogens is 1. The number of nitrogens with zero attached hydrogens (tertiary/aromatic N) is 2. The van der Waals surface area contributed by atoms with Gasteiger partial charge in [-0.25, -0.2) is 17.7 Å². The van der Waals surface area contributed by atoms with Gasteiger partial charge in [0, 0.05) is 17.0 Å². The Morgan fingerprint density at radius 3 is 2.36 bits per heavy atom. The van der Waals surface area contributed by atoms with E-state index in [9.17, 15) is 26.4 Å². The number of carbonyl (C=O) groups is 1. The number of hydrogen-bond acceptors (Lipinski definition) is 6. The van der Waals surface area contributed by atoms with Gasteiger partial charge in [0.1, 0.15) is 5.75 Å². The summed E-state index contributed by atoms with van der Waals surface area (Å²) in [6.45, 7) is 0. The first kappa shape index (κ1) is 25.2. The van der Waals surface area contributed by atoms with Gasteiger partial charge >= 0.3 is 6.18 Å². The van der Waals surface area contributed by atoms with Gasteiger partial charge in [0.25, 0.3) is 5.91 Å². The average Bonchev–Trinajstić information content (AvgIpc) is 3.32. The quantitative estimate of drug-likeness (QED) is 0.295. The van der Waals surface area contributed by atoms with Gasteiger partial charge in [-0.3, -0.25) is 10.1 Å². The highest BCUT2D eigenvalue weighted by Crippen LogP contribution is 2.41. The molecule has 186 valence electrons. The van der Waals surface area contributed by atoms with Gasteiger partial charge in [-0.05, 0) is 24.3 Å². The van der Waals surface area contributed by atoms with E-state index in [1.807, 2.05) is 30.3 Å². The molecule has 1 N–H and O–H groups in total. The number of para-hydroxylation sites is 1. The fourth-order valence-electron chi connectivity index (χ4n) is 3.45. The maximum atomic E-state index is 13.7. The van der Waals surface area contributed by atoms with Crippen LogP contribution in [0.5, 0.6) is 5.75 Å². The number of thiol groups is 1. The zero-order valence-corrected chi connectivity index (χ0v) is 20.2. The van der Waals surface area contributed by atoms with Crippen molar-refractivity contribution in [3.05, 3.63) is 89.3 Å². The Morgan fingerprint density at radius 2 is 1.69 bits per heavy atom. The smallest absolute Gasteiger partial charge is 0.418 e. The monoisotopic (exact) mass is 533 g/mol. The number of rotatable bonds is 7. The molecule has 36 heavy (non-hydrogen) atoms. The van der Waals surface area contributed by atoms with Crippen molar-refractivity contribution < 1.29 is 31.1 Å². The van der Waals surface area contributed by atoms with E-state index < -0.39 is 34.2 Å². The number of carbonyl (C=O) groups excluding carboxylic acids is 1. The number of anilines is 3. The SMILES string of the molecule is COc1ccc(C(=O)Nc2nc(-c3ccccc3)cs2)c(N(c2ccccc2C(F)(F)F)[SH](=O)=O)c1. The molecule has 0 fully saturated rings. The molecule has 1 amide bonds. The van der Waals surface area contributed by atoms with Crippen molar-refractivity contribution in [3.8, 4) is 17.0 Å². The Bertz CT molecular complexity index is 1460. The van der Waals surface area contributed by atoms with Crippen LogP contribution in [0.25, 0.3) is 11.3 Å². The van der Waals surface area contributed by atoms with Crippen LogP contribution in [0.2, 0.25) is 0 Å². The summed E-state index contributed by atoms with van der Waals surface area (Å²) < 4.78 is 71.2. The molecule has 0 radical (unpaired) electrons. The summed E-state index contributed by atoms with van der Waals surface area (Å²) in [5, 5.41) is 4.57. The van der Waals surface area contributed by atoms with Crippen LogP contribution in [-0.4, -0.2) is 26.4 Å². The summed E-state index contributed by atoms with van der Waals surface area (Å²) in [4.78, 5) is 17.6. The van der Waals surface area contributed by atoms with Crippen LogP contribution in [0.15, 0.2) is 78.2 Å². The Labute approximate surface area is 209 Å². The van der Waals surface area contributed by atoms with Crippen molar-refractivity contribution in [2.45, 2.75) is 6.18 Å². The summed E-state index contributed by atoms with van der Waals surface area (Å²) in [6.07, 6.45) is -4.84. The number of hydrogen-bond donors (Lipinski definition) is 2. The topological polar surface area (TPSA) is 88.6 Å². The van der Waals surface area contributed by atoms with Crippen LogP contribution < -0.4 is 14.4 Å². The second-order valence-corrected chi connectivity index (χ2v) is 9.04. The van der Waals surface area contributed by atoms with Crippen LogP contribution in [0, 0.1) is 0 Å². The van der Waals surface area contributed by atoms with Gasteiger partial charge < -0.3 is 4.74 Å². The highest BCUT2D eigenvalue weighted by Gasteiger charge is 2.36. The van der Waals surface area contributed by atoms with Gasteiger partial charge in [-0.15, -0.1) is 11.3 Å². The summed E-state index contributed by atoms with van der Waals surface area (Å²) >= 11 is 1.15. The van der Waals surface area contributed by atoms with Crippen molar-refractivity contribution >= 4 is 44.6 Å². The van der Waals surface area contributed by atoms with Crippen molar-refractivity contribution in [2.24, 2.45) is 0 Å². The van der Waals surface area contributed by atoms with Crippen LogP contribution in [0.3, 0.4) is 0 Å². The molecule has 0 unspecified atom stereocenters. The highest BCUT2D eigenvalue weighted by atomic mass is 32.2. The lowest BCUT2D eigenvalue weighted by molar-refractivity contribution is -0.137. The third kappa shape index (κ3) is 5.34. The molecule has 1 aromatic heterocycles. The standard InChI is InChI=1S/C24H18F3N3O4S2/c1-34-16-11-12-17(22(31)29-23-28-19(14-35-23)15-7-3-2-4-8-15)21(13-16)30(36(32)33)20-10-6-5-9-18(20)24(25,26)27/h2-14,36H,1H3,(H,28,29,31). The molecule has 0 saturated heterocycles. The molecule has 0 atom stereocenters. The normalized spacial score (nSPS) is 11.4. The van der Waals surface area contributed by atoms with Gasteiger partial charge in [0.05, 0.1) is 35.3 Å². The van der Waals surface area contributed by atoms with E-state index in [0.717, 1.165) is 35.1 Å². The summed E-state index contributed by atoms with van der Waals surface area (Å²) in [5.41, 5.74) is -0.871. The second kappa shape index (κ2) is 10.4. The molecular weight excluding hydrogens is 515 g/mol. The molecule has 0 spiro atoms. The Hall–Kier alpha value is -3.90. The number of halogens is 3. The molecule has 0 aliphatic rings. The first-order valence-electron chi connectivity index (χ1n) is 10.3. The number of methoxy groups -OCH3 is 1. The molecule has 4 rings (SSSR count). The third-order valence-corrected chi connectivity index (χ3v) is 6.59. The minimum absolute atomic E-state index is 0.147. The zero-order chi connectivity index (χ0) is 25.9. The minimum atomic E-state index is -4.84. The molecule has 1 heterocycles. The van der Waals surface area contributed by atoms with Crippen molar-refractivity contribution in [2.75, 3.05) is 16.7 Å². The Morgan fingerprint density at radius 1 is 1.00 bits per heavy atom. The molecule has 0 saturated carbocycles. The van der Waals surface area contributed by atoms with Gasteiger partial charge in [-0.2, -0.15) is 13.2 Å². The van der Waals surface area contributed by atoms with E-state index in [1.165, 1.54) is 31.4 Å². The van der Waals surface area contributed by atoms with Gasteiger partial charge in [0.15, 0.2) is 5.13 Å². The summed E-state index contributed by atoms with van der Waals surface area (Å²) in [7, 11) is -2.33. The maximum absolute atomic E-state index is 13.7. The number of ether oxygens (including phenoxy) is 1. The lowest BCUT2D eigenvalue weighted by atomic mass is 10.1. The van der Waals surface area contributed by atoms with E-state index in [4.69, 9.17) is 4.74 Å². The van der Waals surface area contributed by atoms with Crippen molar-refractivity contribution in [1.82, 2.24) is 4.98 Å². The van der Waals surface area contributed by atoms with Crippen molar-refractivity contribution in [3.63, 3.8) is 0 Å². The minimum Gasteiger partial charge on any atom is -0.497 e. The van der Waals surface area contributed by atoms with E-state index in [0.29, 0.717) is 10.00 Å². The Kier molecular flexibility index (Phi) is 7.27. The molecule has 0 aliphatic heterocycles. The fraction of sp³-hybridized carbons (Fsp3) is 0.0833. The number of thiazole rings is 1. The Balaban J connectivity index is 1.76. The van der Waals surface area contributed by atoms with Crippen LogP contribution in [-0.2, 0) is 17.1 Å². The molecule has 0 bridgehead atoms. The van der Waals surface area contributed by atoms with Crippen LogP contribution in [0.4, 0.5) is 29.7 Å². The fourth-order valence-corrected chi connectivity index (χ4v) is 4.85. The number of amides is 1. The second-order valence-electron chi connectivity index (χ2n) is 7.31. The zero-order valence-electron chi connectivity index (χ0n) is 18.5. The summed E-state index contributed by atoms with van der Waals surface area (Å²) in [5.74, 6) is -0.610. The van der Waals surface area contributed by atoms with E-state index in [2.05, 4.69) is 10.3 Å². The number of nitrogens with one attached hydrogen (secondary N) is 1. The number of alkyl halides is 3. The molecule has 4 aromatic rings. The lowest BCUT2D eigenvalue weighted by Gasteiger charge is -2.24. The molecule has 0 aliphatic carbocycles. The van der Waals surface area contributed by atoms with E-state index >= 15 is 0 Å². The first-order valence-corrected chi connectivity index (χ1v) is 12.3. The van der Waals surface area contributed by atoms with Gasteiger partial charge in [-0.1, -0.05) is 42.5 Å².